The number of benzene rings is 2. The largest absolute Gasteiger partial charge is 1.00 e. The maximum Gasteiger partial charge on any atom is 0.335 e. The molecular formula is C32H66ClNO2. The molecule has 0 spiro atoms. The zero-order valence-electron chi connectivity index (χ0n) is 20.2. The quantitative estimate of drug-likeness (QED) is 0.389. The summed E-state index contributed by atoms with van der Waals surface area (Å²) >= 11 is 0. The maximum atomic E-state index is 10.6. The lowest BCUT2D eigenvalue weighted by atomic mass is 9.98. The van der Waals surface area contributed by atoms with E-state index in [2.05, 4.69) is 86.1 Å². The van der Waals surface area contributed by atoms with E-state index in [0.717, 1.165) is 10.9 Å². The molecule has 0 radical (unpaired) electrons. The molecule has 2 aromatic rings. The number of carboxylic acids is 1. The van der Waals surface area contributed by atoms with Gasteiger partial charge in [0.2, 0.25) is 0 Å². The van der Waals surface area contributed by atoms with Crippen LogP contribution in [0.1, 0.15) is 125 Å². The van der Waals surface area contributed by atoms with Gasteiger partial charge >= 0.3 is 5.97 Å². The zero-order valence-corrected chi connectivity index (χ0v) is 20.9. The second-order valence-corrected chi connectivity index (χ2v) is 8.56. The van der Waals surface area contributed by atoms with Crippen molar-refractivity contribution in [3.63, 3.8) is 0 Å². The predicted molar refractivity (Wildman–Crippen MR) is 166 cm³/mol. The SMILES string of the molecule is C.C.C.C.C.C.CCC(C)c1ccc(C(=O)O)cc1.CCC(C)c1ccccc1.CC[N+](C)(C)C.[Cl-]. The van der Waals surface area contributed by atoms with Gasteiger partial charge in [0.25, 0.3) is 0 Å². The summed E-state index contributed by atoms with van der Waals surface area (Å²) in [5.41, 5.74) is 3.00. The van der Waals surface area contributed by atoms with E-state index in [1.165, 1.54) is 24.1 Å². The number of aromatic carboxylic acids is 1. The van der Waals surface area contributed by atoms with Crippen molar-refractivity contribution in [1.82, 2.24) is 0 Å². The van der Waals surface area contributed by atoms with E-state index in [4.69, 9.17) is 5.11 Å². The number of nitrogens with zero attached hydrogens (tertiary/aromatic N) is 1. The Morgan fingerprint density at radius 2 is 1.00 bits per heavy atom. The first-order chi connectivity index (χ1) is 13.6. The molecule has 2 atom stereocenters. The second-order valence-electron chi connectivity index (χ2n) is 8.56. The van der Waals surface area contributed by atoms with Crippen LogP contribution in [-0.4, -0.2) is 43.2 Å². The van der Waals surface area contributed by atoms with Crippen LogP contribution in [0.25, 0.3) is 0 Å². The van der Waals surface area contributed by atoms with Gasteiger partial charge in [0.15, 0.2) is 0 Å². The van der Waals surface area contributed by atoms with Crippen LogP contribution in [0.4, 0.5) is 0 Å². The molecule has 0 saturated carbocycles. The van der Waals surface area contributed by atoms with Gasteiger partial charge in [-0.3, -0.25) is 0 Å². The smallest absolute Gasteiger partial charge is 0.335 e. The lowest BCUT2D eigenvalue weighted by molar-refractivity contribution is -0.868. The molecule has 2 unspecified atom stereocenters. The van der Waals surface area contributed by atoms with Crippen LogP contribution in [0, 0.1) is 0 Å². The van der Waals surface area contributed by atoms with E-state index in [1.54, 1.807) is 12.1 Å². The first-order valence-electron chi connectivity index (χ1n) is 10.7. The molecular weight excluding hydrogens is 466 g/mol. The van der Waals surface area contributed by atoms with Gasteiger partial charge in [-0.2, -0.15) is 0 Å². The van der Waals surface area contributed by atoms with Gasteiger partial charge in [-0.15, -0.1) is 0 Å². The topological polar surface area (TPSA) is 37.3 Å². The molecule has 0 heterocycles. The van der Waals surface area contributed by atoms with E-state index in [1.807, 2.05) is 12.1 Å². The van der Waals surface area contributed by atoms with Crippen molar-refractivity contribution in [2.45, 2.75) is 104 Å². The molecule has 0 aliphatic carbocycles. The minimum absolute atomic E-state index is 0. The third-order valence-electron chi connectivity index (χ3n) is 5.27. The van der Waals surface area contributed by atoms with Gasteiger partial charge in [0.1, 0.15) is 0 Å². The van der Waals surface area contributed by atoms with Gasteiger partial charge in [0.05, 0.1) is 33.3 Å². The van der Waals surface area contributed by atoms with Crippen molar-refractivity contribution in [2.24, 2.45) is 0 Å². The number of carbonyl (C=O) groups is 1. The fourth-order valence-electron chi connectivity index (χ4n) is 2.21. The molecule has 0 aromatic heterocycles. The summed E-state index contributed by atoms with van der Waals surface area (Å²) in [6.07, 6.45) is 2.30. The number of hydrogen-bond donors (Lipinski definition) is 1. The molecule has 0 aliphatic heterocycles. The Hall–Kier alpha value is -1.84. The Balaban J connectivity index is -0.0000000521. The van der Waals surface area contributed by atoms with E-state index >= 15 is 0 Å². The molecule has 0 aliphatic rings. The van der Waals surface area contributed by atoms with Crippen LogP contribution in [-0.2, 0) is 0 Å². The minimum Gasteiger partial charge on any atom is -1.00 e. The molecule has 1 N–H and O–H groups in total. The van der Waals surface area contributed by atoms with Gasteiger partial charge < -0.3 is 22.0 Å². The van der Waals surface area contributed by atoms with Crippen molar-refractivity contribution < 1.29 is 26.8 Å². The third kappa shape index (κ3) is 25.3. The van der Waals surface area contributed by atoms with Crippen LogP contribution in [0.2, 0.25) is 0 Å². The highest BCUT2D eigenvalue weighted by Gasteiger charge is 2.05. The van der Waals surface area contributed by atoms with Crippen molar-refractivity contribution in [2.75, 3.05) is 27.7 Å². The summed E-state index contributed by atoms with van der Waals surface area (Å²) < 4.78 is 1.07. The Bertz CT molecular complexity index is 680. The van der Waals surface area contributed by atoms with E-state index in [-0.39, 0.29) is 57.0 Å². The Labute approximate surface area is 235 Å². The number of quaternary nitrogens is 1. The summed E-state index contributed by atoms with van der Waals surface area (Å²) in [6, 6.07) is 17.7. The monoisotopic (exact) mass is 531 g/mol. The molecule has 2 aromatic carbocycles. The molecule has 0 saturated heterocycles. The highest BCUT2D eigenvalue weighted by molar-refractivity contribution is 5.87. The lowest BCUT2D eigenvalue weighted by Gasteiger charge is -2.20. The number of carboxylic acid groups (broad SMARTS) is 1. The highest BCUT2D eigenvalue weighted by atomic mass is 35.5. The first-order valence-corrected chi connectivity index (χ1v) is 10.7. The van der Waals surface area contributed by atoms with E-state index < -0.39 is 5.97 Å². The molecule has 2 rings (SSSR count). The van der Waals surface area contributed by atoms with Gasteiger partial charge in [-0.25, -0.2) is 4.79 Å². The summed E-state index contributed by atoms with van der Waals surface area (Å²) in [6.45, 7) is 12.1. The van der Waals surface area contributed by atoms with Crippen LogP contribution < -0.4 is 12.4 Å². The zero-order chi connectivity index (χ0) is 22.4. The van der Waals surface area contributed by atoms with Crippen molar-refractivity contribution in [1.29, 1.82) is 0 Å². The fourth-order valence-corrected chi connectivity index (χ4v) is 2.21. The molecule has 3 nitrogen and oxygen atoms in total. The van der Waals surface area contributed by atoms with Crippen LogP contribution >= 0.6 is 0 Å². The second kappa shape index (κ2) is 29.4. The Morgan fingerprint density at radius 1 is 0.694 bits per heavy atom. The van der Waals surface area contributed by atoms with Crippen molar-refractivity contribution in [3.8, 4) is 0 Å². The molecule has 36 heavy (non-hydrogen) atoms. The molecule has 218 valence electrons. The number of rotatable bonds is 6. The average Bonchev–Trinajstić information content (AvgIpc) is 2.73. The highest BCUT2D eigenvalue weighted by Crippen LogP contribution is 2.18. The molecule has 4 heteroatoms. The van der Waals surface area contributed by atoms with Gasteiger partial charge in [-0.05, 0) is 54.9 Å². The number of halogens is 1. The van der Waals surface area contributed by atoms with Gasteiger partial charge in [0, 0.05) is 0 Å². The van der Waals surface area contributed by atoms with E-state index in [9.17, 15) is 4.79 Å². The van der Waals surface area contributed by atoms with E-state index in [0.29, 0.717) is 17.4 Å². The number of hydrogen-bond acceptors (Lipinski definition) is 1. The van der Waals surface area contributed by atoms with Gasteiger partial charge in [-0.1, -0.05) is 115 Å². The third-order valence-corrected chi connectivity index (χ3v) is 5.27. The molecule has 0 fully saturated rings. The molecule has 0 bridgehead atoms. The van der Waals surface area contributed by atoms with Crippen LogP contribution in [0.5, 0.6) is 0 Å². The summed E-state index contributed by atoms with van der Waals surface area (Å²) in [4.78, 5) is 10.6. The fraction of sp³-hybridized carbons (Fsp3) is 0.594. The summed E-state index contributed by atoms with van der Waals surface area (Å²) in [5.74, 6) is 0.347. The standard InChI is InChI=1S/C11H14O2.C10H14.C5H14N.6CH4.ClH/c1-3-8(2)9-4-6-10(7-5-9)11(12)13;1-3-9(2)10-7-5-4-6-8-10;1-5-6(2,3)4;;;;;;;/h4-8H,3H2,1-2H3,(H,12,13);4-9H,3H2,1-2H3;5H2,1-4H3;6*1H4;1H/q;;+1;;;;;;;/p-1. The normalized spacial score (nSPS) is 10.1. The van der Waals surface area contributed by atoms with Crippen molar-refractivity contribution >= 4 is 5.97 Å². The van der Waals surface area contributed by atoms with Crippen LogP contribution in [0.3, 0.4) is 0 Å². The summed E-state index contributed by atoms with van der Waals surface area (Å²) in [7, 11) is 6.54. The Kier molecular flexibility index (Phi) is 44.8. The molecule has 0 amide bonds. The van der Waals surface area contributed by atoms with Crippen molar-refractivity contribution in [3.05, 3.63) is 71.3 Å². The minimum atomic E-state index is -0.865. The maximum absolute atomic E-state index is 10.6. The lowest BCUT2D eigenvalue weighted by Crippen LogP contribution is -3.00. The van der Waals surface area contributed by atoms with Crippen LogP contribution in [0.15, 0.2) is 54.6 Å². The first kappa shape index (κ1) is 54.9. The predicted octanol–water partition coefficient (Wildman–Crippen LogP) is 7.63. The Morgan fingerprint density at radius 3 is 1.25 bits per heavy atom. The summed E-state index contributed by atoms with van der Waals surface area (Å²) in [5, 5.41) is 8.67. The average molecular weight is 532 g/mol.